The minimum atomic E-state index is -4.40. The van der Waals surface area contributed by atoms with Crippen LogP contribution in [0.25, 0.3) is 0 Å². The van der Waals surface area contributed by atoms with Crippen molar-refractivity contribution in [3.8, 4) is 18.1 Å². The summed E-state index contributed by atoms with van der Waals surface area (Å²) in [4.78, 5) is 10.8. The molecule has 1 N–H and O–H groups in total. The van der Waals surface area contributed by atoms with Crippen molar-refractivity contribution in [3.05, 3.63) is 52.0 Å². The summed E-state index contributed by atoms with van der Waals surface area (Å²) in [5.41, 5.74) is -0.993. The molecule has 146 valence electrons. The quantitative estimate of drug-likeness (QED) is 0.597. The molecular weight excluding hydrogens is 416 g/mol. The van der Waals surface area contributed by atoms with E-state index in [1.54, 1.807) is 0 Å². The number of sulfonamides is 1. The summed E-state index contributed by atoms with van der Waals surface area (Å²) in [5.74, 6) is -1.07. The largest absolute Gasteiger partial charge is 0.487 e. The number of anilines is 1. The first kappa shape index (κ1) is 19.9. The van der Waals surface area contributed by atoms with Crippen molar-refractivity contribution in [2.45, 2.75) is 17.9 Å². The molecule has 2 aromatic carbocycles. The minimum absolute atomic E-state index is 0.0330. The van der Waals surface area contributed by atoms with E-state index in [1.165, 1.54) is 13.0 Å². The van der Waals surface area contributed by atoms with Crippen LogP contribution in [0.1, 0.15) is 24.2 Å². The van der Waals surface area contributed by atoms with Crippen LogP contribution in [-0.4, -0.2) is 21.0 Å². The molecule has 0 fully saturated rings. The fraction of sp³-hybridized carbons (Fsp3) is 0.167. The van der Waals surface area contributed by atoms with Gasteiger partial charge in [0.1, 0.15) is 23.1 Å². The van der Waals surface area contributed by atoms with Gasteiger partial charge in [0.15, 0.2) is 11.9 Å². The summed E-state index contributed by atoms with van der Waals surface area (Å²) in [6.07, 6.45) is 4.22. The second-order valence-corrected chi connectivity index (χ2v) is 7.85. The Morgan fingerprint density at radius 2 is 2.11 bits per heavy atom. The number of halogens is 3. The third-order valence-corrected chi connectivity index (χ3v) is 5.44. The van der Waals surface area contributed by atoms with E-state index in [-0.39, 0.29) is 22.9 Å². The van der Waals surface area contributed by atoms with Gasteiger partial charge < -0.3 is 9.47 Å². The van der Waals surface area contributed by atoms with Gasteiger partial charge in [0.2, 0.25) is 0 Å². The maximum Gasteiger partial charge on any atom is 0.303 e. The van der Waals surface area contributed by atoms with E-state index in [0.29, 0.717) is 0 Å². The van der Waals surface area contributed by atoms with Gasteiger partial charge in [-0.3, -0.25) is 9.52 Å². The van der Waals surface area contributed by atoms with Crippen LogP contribution in [0.5, 0.6) is 5.75 Å². The highest BCUT2D eigenvalue weighted by atomic mass is 35.5. The molecular formula is C18H12ClF2NO5S. The number of terminal acetylenes is 1. The van der Waals surface area contributed by atoms with Crippen LogP contribution in [-0.2, 0) is 19.6 Å². The Balaban J connectivity index is 2.05. The van der Waals surface area contributed by atoms with E-state index >= 15 is 0 Å². The molecule has 10 heteroatoms. The highest BCUT2D eigenvalue weighted by Crippen LogP contribution is 2.42. The first-order valence-corrected chi connectivity index (χ1v) is 9.61. The van der Waals surface area contributed by atoms with E-state index in [2.05, 4.69) is 0 Å². The smallest absolute Gasteiger partial charge is 0.303 e. The predicted molar refractivity (Wildman–Crippen MR) is 96.6 cm³/mol. The van der Waals surface area contributed by atoms with Gasteiger partial charge in [-0.2, -0.15) is 0 Å². The number of fused-ring (bicyclic) bond motifs is 1. The first-order valence-electron chi connectivity index (χ1n) is 7.75. The van der Waals surface area contributed by atoms with Gasteiger partial charge in [0.25, 0.3) is 10.0 Å². The molecule has 2 aromatic rings. The molecule has 1 unspecified atom stereocenters. The van der Waals surface area contributed by atoms with Crippen molar-refractivity contribution in [3.63, 3.8) is 0 Å². The fourth-order valence-corrected chi connectivity index (χ4v) is 4.24. The Bertz CT molecular complexity index is 1130. The first-order chi connectivity index (χ1) is 13.1. The van der Waals surface area contributed by atoms with Crippen molar-refractivity contribution in [1.29, 1.82) is 0 Å². The lowest BCUT2D eigenvalue weighted by Crippen LogP contribution is -2.15. The minimum Gasteiger partial charge on any atom is -0.487 e. The zero-order valence-corrected chi connectivity index (χ0v) is 15.8. The molecule has 1 aliphatic heterocycles. The molecule has 0 bridgehead atoms. The number of hydrogen-bond acceptors (Lipinski definition) is 5. The number of rotatable bonds is 4. The molecule has 0 amide bonds. The highest BCUT2D eigenvalue weighted by molar-refractivity contribution is 7.92. The lowest BCUT2D eigenvalue weighted by atomic mass is 10.1. The molecule has 3 rings (SSSR count). The van der Waals surface area contributed by atoms with Crippen molar-refractivity contribution >= 4 is 33.3 Å². The van der Waals surface area contributed by atoms with Crippen LogP contribution < -0.4 is 9.46 Å². The monoisotopic (exact) mass is 427 g/mol. The maximum atomic E-state index is 14.3. The standard InChI is InChI=1S/C18H12ClF2NO5S/c1-3-11-13(20)4-5-14(17(11)21)22-28(24,25)16-7-10(19)6-12-15(27-9(2)23)8-26-18(12)16/h1,4-7,15,22H,8H2,2H3. The Labute approximate surface area is 164 Å². The zero-order valence-electron chi connectivity index (χ0n) is 14.3. The maximum absolute atomic E-state index is 14.3. The second kappa shape index (κ2) is 7.30. The van der Waals surface area contributed by atoms with Crippen LogP contribution in [0.4, 0.5) is 14.5 Å². The van der Waals surface area contributed by atoms with Gasteiger partial charge in [-0.1, -0.05) is 17.5 Å². The summed E-state index contributed by atoms with van der Waals surface area (Å²) >= 11 is 6.00. The SMILES string of the molecule is C#Cc1c(F)ccc(NS(=O)(=O)c2cc(Cl)cc3c2OCC3OC(C)=O)c1F. The van der Waals surface area contributed by atoms with Crippen LogP contribution in [0, 0.1) is 24.0 Å². The van der Waals surface area contributed by atoms with Crippen molar-refractivity contribution in [1.82, 2.24) is 0 Å². The number of carbonyl (C=O) groups is 1. The van der Waals surface area contributed by atoms with E-state index in [1.807, 2.05) is 10.6 Å². The molecule has 0 aromatic heterocycles. The zero-order chi connectivity index (χ0) is 20.6. The number of ether oxygens (including phenoxy) is 2. The number of nitrogens with one attached hydrogen (secondary N) is 1. The number of benzene rings is 2. The summed E-state index contributed by atoms with van der Waals surface area (Å²) in [7, 11) is -4.40. The summed E-state index contributed by atoms with van der Waals surface area (Å²) in [6.45, 7) is 1.09. The summed E-state index contributed by atoms with van der Waals surface area (Å²) in [6, 6.07) is 4.25. The molecule has 1 atom stereocenters. The van der Waals surface area contributed by atoms with Crippen molar-refractivity contribution in [2.75, 3.05) is 11.3 Å². The molecule has 0 spiro atoms. The molecule has 28 heavy (non-hydrogen) atoms. The van der Waals surface area contributed by atoms with Gasteiger partial charge >= 0.3 is 5.97 Å². The Morgan fingerprint density at radius 3 is 2.75 bits per heavy atom. The topological polar surface area (TPSA) is 81.7 Å². The third kappa shape index (κ3) is 3.61. The van der Waals surface area contributed by atoms with E-state index in [0.717, 1.165) is 18.2 Å². The molecule has 0 saturated heterocycles. The van der Waals surface area contributed by atoms with E-state index < -0.39 is 49.9 Å². The average molecular weight is 428 g/mol. The normalized spacial score (nSPS) is 15.3. The van der Waals surface area contributed by atoms with Crippen LogP contribution in [0.2, 0.25) is 5.02 Å². The molecule has 0 aliphatic carbocycles. The lowest BCUT2D eigenvalue weighted by Gasteiger charge is -2.13. The van der Waals surface area contributed by atoms with Crippen molar-refractivity contribution in [2.24, 2.45) is 0 Å². The van der Waals surface area contributed by atoms with Crippen LogP contribution in [0.3, 0.4) is 0 Å². The van der Waals surface area contributed by atoms with Gasteiger partial charge in [0, 0.05) is 17.5 Å². The average Bonchev–Trinajstić information content (AvgIpc) is 2.99. The molecule has 1 aliphatic rings. The summed E-state index contributed by atoms with van der Waals surface area (Å²) in [5, 5.41) is 0.0330. The predicted octanol–water partition coefficient (Wildman–Crippen LogP) is 3.40. The van der Waals surface area contributed by atoms with Crippen LogP contribution in [0.15, 0.2) is 29.2 Å². The molecule has 6 nitrogen and oxygen atoms in total. The number of carbonyl (C=O) groups excluding carboxylic acids is 1. The Morgan fingerprint density at radius 1 is 1.39 bits per heavy atom. The van der Waals surface area contributed by atoms with E-state index in [4.69, 9.17) is 27.5 Å². The van der Waals surface area contributed by atoms with Gasteiger partial charge in [0.05, 0.1) is 11.3 Å². The Kier molecular flexibility index (Phi) is 5.19. The van der Waals surface area contributed by atoms with Gasteiger partial charge in [-0.25, -0.2) is 17.2 Å². The number of hydrogen-bond donors (Lipinski definition) is 1. The van der Waals surface area contributed by atoms with Crippen LogP contribution >= 0.6 is 11.6 Å². The van der Waals surface area contributed by atoms with Gasteiger partial charge in [-0.15, -0.1) is 6.42 Å². The molecule has 0 saturated carbocycles. The Hall–Kier alpha value is -2.83. The molecule has 0 radical (unpaired) electrons. The summed E-state index contributed by atoms with van der Waals surface area (Å²) < 4.78 is 65.9. The highest BCUT2D eigenvalue weighted by Gasteiger charge is 2.34. The van der Waals surface area contributed by atoms with Gasteiger partial charge in [-0.05, 0) is 24.3 Å². The number of esters is 1. The molecule has 1 heterocycles. The fourth-order valence-electron chi connectivity index (χ4n) is 2.69. The lowest BCUT2D eigenvalue weighted by molar-refractivity contribution is -0.147. The van der Waals surface area contributed by atoms with Crippen molar-refractivity contribution < 1.29 is 31.5 Å². The third-order valence-electron chi connectivity index (χ3n) is 3.85. The second-order valence-electron chi connectivity index (χ2n) is 5.77. The van der Waals surface area contributed by atoms with E-state index in [9.17, 15) is 22.0 Å².